The Bertz CT molecular complexity index is 818. The number of para-hydroxylation sites is 1. The lowest BCUT2D eigenvalue weighted by Crippen LogP contribution is -2.32. The molecular weight excluding hydrogens is 340 g/mol. The Labute approximate surface area is 159 Å². The standard InChI is InChI=1S/C21H24N4O2/c26-20-13-17(15-25(20)18-6-2-1-3-7-18)21(27)23-14-16-8-9-22-19(12-16)24-10-4-5-11-24/h1-3,6-9,12,17H,4-5,10-11,13-15H2,(H,23,27). The van der Waals surface area contributed by atoms with Gasteiger partial charge in [0.25, 0.3) is 0 Å². The lowest BCUT2D eigenvalue weighted by atomic mass is 10.1. The van der Waals surface area contributed by atoms with Crippen LogP contribution >= 0.6 is 0 Å². The summed E-state index contributed by atoms with van der Waals surface area (Å²) in [5.41, 5.74) is 1.88. The summed E-state index contributed by atoms with van der Waals surface area (Å²) in [6.45, 7) is 2.98. The number of aromatic nitrogens is 1. The number of benzene rings is 1. The molecule has 140 valence electrons. The van der Waals surface area contributed by atoms with E-state index in [-0.39, 0.29) is 24.2 Å². The van der Waals surface area contributed by atoms with Gasteiger partial charge in [0.1, 0.15) is 5.82 Å². The Kier molecular flexibility index (Phi) is 5.05. The highest BCUT2D eigenvalue weighted by Crippen LogP contribution is 2.25. The maximum absolute atomic E-state index is 12.6. The maximum Gasteiger partial charge on any atom is 0.227 e. The molecule has 1 N–H and O–H groups in total. The van der Waals surface area contributed by atoms with Crippen molar-refractivity contribution in [2.24, 2.45) is 5.92 Å². The zero-order valence-electron chi connectivity index (χ0n) is 15.3. The third-order valence-electron chi connectivity index (χ3n) is 5.27. The average Bonchev–Trinajstić information content (AvgIpc) is 3.37. The van der Waals surface area contributed by atoms with Crippen molar-refractivity contribution in [2.75, 3.05) is 29.4 Å². The summed E-state index contributed by atoms with van der Waals surface area (Å²) >= 11 is 0. The first-order valence-electron chi connectivity index (χ1n) is 9.54. The second-order valence-corrected chi connectivity index (χ2v) is 7.18. The van der Waals surface area contributed by atoms with Crippen LogP contribution in [0.3, 0.4) is 0 Å². The van der Waals surface area contributed by atoms with Gasteiger partial charge in [0, 0.05) is 44.5 Å². The van der Waals surface area contributed by atoms with E-state index in [1.165, 1.54) is 12.8 Å². The minimum atomic E-state index is -0.308. The summed E-state index contributed by atoms with van der Waals surface area (Å²) in [5, 5.41) is 2.99. The number of amides is 2. The molecular formula is C21H24N4O2. The number of rotatable bonds is 5. The molecule has 3 heterocycles. The highest BCUT2D eigenvalue weighted by atomic mass is 16.2. The van der Waals surface area contributed by atoms with Crippen LogP contribution in [-0.2, 0) is 16.1 Å². The van der Waals surface area contributed by atoms with Crippen LogP contribution in [0.15, 0.2) is 48.7 Å². The van der Waals surface area contributed by atoms with Crippen molar-refractivity contribution < 1.29 is 9.59 Å². The molecule has 2 saturated heterocycles. The molecule has 1 aromatic heterocycles. The number of carbonyl (C=O) groups is 2. The summed E-state index contributed by atoms with van der Waals surface area (Å²) in [4.78, 5) is 33.3. The van der Waals surface area contributed by atoms with E-state index < -0.39 is 0 Å². The van der Waals surface area contributed by atoms with Gasteiger partial charge >= 0.3 is 0 Å². The molecule has 1 unspecified atom stereocenters. The Balaban J connectivity index is 1.35. The minimum Gasteiger partial charge on any atom is -0.357 e. The van der Waals surface area contributed by atoms with Crippen LogP contribution in [0.5, 0.6) is 0 Å². The molecule has 4 rings (SSSR count). The Morgan fingerprint density at radius 2 is 1.93 bits per heavy atom. The van der Waals surface area contributed by atoms with Crippen molar-refractivity contribution in [1.82, 2.24) is 10.3 Å². The van der Waals surface area contributed by atoms with E-state index in [0.29, 0.717) is 13.1 Å². The van der Waals surface area contributed by atoms with Gasteiger partial charge in [-0.25, -0.2) is 4.98 Å². The van der Waals surface area contributed by atoms with E-state index in [0.717, 1.165) is 30.2 Å². The molecule has 0 radical (unpaired) electrons. The van der Waals surface area contributed by atoms with Crippen LogP contribution in [-0.4, -0.2) is 36.4 Å². The average molecular weight is 364 g/mol. The van der Waals surface area contributed by atoms with Gasteiger partial charge in [0.05, 0.1) is 5.92 Å². The molecule has 2 fully saturated rings. The topological polar surface area (TPSA) is 65.5 Å². The van der Waals surface area contributed by atoms with Gasteiger partial charge in [0.2, 0.25) is 11.8 Å². The van der Waals surface area contributed by atoms with Crippen LogP contribution < -0.4 is 15.1 Å². The summed E-state index contributed by atoms with van der Waals surface area (Å²) in [6.07, 6.45) is 4.47. The fourth-order valence-corrected chi connectivity index (χ4v) is 3.76. The molecule has 0 aliphatic carbocycles. The summed E-state index contributed by atoms with van der Waals surface area (Å²) in [5.74, 6) is 0.603. The first-order chi connectivity index (χ1) is 13.2. The molecule has 1 atom stereocenters. The number of hydrogen-bond donors (Lipinski definition) is 1. The summed E-state index contributed by atoms with van der Waals surface area (Å²) < 4.78 is 0. The number of nitrogens with zero attached hydrogens (tertiary/aromatic N) is 3. The molecule has 1 aromatic carbocycles. The highest BCUT2D eigenvalue weighted by molar-refractivity contribution is 6.00. The maximum atomic E-state index is 12.6. The van der Waals surface area contributed by atoms with E-state index in [1.807, 2.05) is 42.5 Å². The van der Waals surface area contributed by atoms with E-state index >= 15 is 0 Å². The van der Waals surface area contributed by atoms with Gasteiger partial charge in [-0.15, -0.1) is 0 Å². The summed E-state index contributed by atoms with van der Waals surface area (Å²) in [7, 11) is 0. The van der Waals surface area contributed by atoms with E-state index in [4.69, 9.17) is 0 Å². The van der Waals surface area contributed by atoms with Crippen molar-refractivity contribution in [1.29, 1.82) is 0 Å². The minimum absolute atomic E-state index is 0.00146. The van der Waals surface area contributed by atoms with Crippen LogP contribution in [0.2, 0.25) is 0 Å². The number of pyridine rings is 1. The normalized spacial score (nSPS) is 19.6. The van der Waals surface area contributed by atoms with Crippen molar-refractivity contribution in [3.8, 4) is 0 Å². The van der Waals surface area contributed by atoms with Gasteiger partial charge in [-0.2, -0.15) is 0 Å². The third-order valence-corrected chi connectivity index (χ3v) is 5.27. The fourth-order valence-electron chi connectivity index (χ4n) is 3.76. The lowest BCUT2D eigenvalue weighted by molar-refractivity contribution is -0.126. The number of anilines is 2. The molecule has 2 aliphatic rings. The number of hydrogen-bond acceptors (Lipinski definition) is 4. The number of carbonyl (C=O) groups excluding carboxylic acids is 2. The predicted octanol–water partition coefficient (Wildman–Crippen LogP) is 2.35. The summed E-state index contributed by atoms with van der Waals surface area (Å²) in [6, 6.07) is 13.5. The van der Waals surface area contributed by atoms with Crippen molar-refractivity contribution in [3.63, 3.8) is 0 Å². The zero-order chi connectivity index (χ0) is 18.6. The van der Waals surface area contributed by atoms with Crippen LogP contribution in [0, 0.1) is 5.92 Å². The van der Waals surface area contributed by atoms with E-state index in [9.17, 15) is 9.59 Å². The quantitative estimate of drug-likeness (QED) is 0.884. The molecule has 2 aromatic rings. The Morgan fingerprint density at radius 3 is 2.70 bits per heavy atom. The van der Waals surface area contributed by atoms with Gasteiger partial charge in [-0.05, 0) is 42.7 Å². The Hall–Kier alpha value is -2.89. The van der Waals surface area contributed by atoms with Crippen LogP contribution in [0.4, 0.5) is 11.5 Å². The fraction of sp³-hybridized carbons (Fsp3) is 0.381. The second kappa shape index (κ2) is 7.78. The van der Waals surface area contributed by atoms with Crippen molar-refractivity contribution >= 4 is 23.3 Å². The monoisotopic (exact) mass is 364 g/mol. The SMILES string of the molecule is O=C(NCc1ccnc(N2CCCC2)c1)C1CC(=O)N(c2ccccc2)C1. The molecule has 0 bridgehead atoms. The molecule has 0 spiro atoms. The van der Waals surface area contributed by atoms with Gasteiger partial charge < -0.3 is 15.1 Å². The van der Waals surface area contributed by atoms with E-state index in [2.05, 4.69) is 15.2 Å². The van der Waals surface area contributed by atoms with Gasteiger partial charge in [-0.1, -0.05) is 18.2 Å². The second-order valence-electron chi connectivity index (χ2n) is 7.18. The smallest absolute Gasteiger partial charge is 0.227 e. The first kappa shape index (κ1) is 17.5. The van der Waals surface area contributed by atoms with Crippen LogP contribution in [0.1, 0.15) is 24.8 Å². The van der Waals surface area contributed by atoms with Gasteiger partial charge in [-0.3, -0.25) is 9.59 Å². The first-order valence-corrected chi connectivity index (χ1v) is 9.54. The van der Waals surface area contributed by atoms with Gasteiger partial charge in [0.15, 0.2) is 0 Å². The van der Waals surface area contributed by atoms with Crippen molar-refractivity contribution in [2.45, 2.75) is 25.8 Å². The molecule has 6 nitrogen and oxygen atoms in total. The lowest BCUT2D eigenvalue weighted by Gasteiger charge is -2.18. The van der Waals surface area contributed by atoms with Crippen molar-refractivity contribution in [3.05, 3.63) is 54.2 Å². The van der Waals surface area contributed by atoms with E-state index in [1.54, 1.807) is 11.1 Å². The largest absolute Gasteiger partial charge is 0.357 e. The number of nitrogens with one attached hydrogen (secondary N) is 1. The molecule has 2 aliphatic heterocycles. The zero-order valence-corrected chi connectivity index (χ0v) is 15.3. The molecule has 0 saturated carbocycles. The molecule has 27 heavy (non-hydrogen) atoms. The molecule has 2 amide bonds. The molecule has 6 heteroatoms. The Morgan fingerprint density at radius 1 is 1.15 bits per heavy atom. The highest BCUT2D eigenvalue weighted by Gasteiger charge is 2.34. The van der Waals surface area contributed by atoms with Crippen LogP contribution in [0.25, 0.3) is 0 Å². The third kappa shape index (κ3) is 3.94. The predicted molar refractivity (Wildman–Crippen MR) is 104 cm³/mol.